The van der Waals surface area contributed by atoms with Gasteiger partial charge >= 0.3 is 0 Å². The Bertz CT molecular complexity index is 1170. The molecule has 2 amide bonds. The predicted molar refractivity (Wildman–Crippen MR) is 122 cm³/mol. The first-order valence-electron chi connectivity index (χ1n) is 9.50. The van der Waals surface area contributed by atoms with Gasteiger partial charge in [0, 0.05) is 56.0 Å². The fourth-order valence-electron chi connectivity index (χ4n) is 2.96. The van der Waals surface area contributed by atoms with Gasteiger partial charge in [0.25, 0.3) is 17.5 Å². The minimum Gasteiger partial charge on any atom is -0.377 e. The van der Waals surface area contributed by atoms with E-state index in [-0.39, 0.29) is 22.2 Å². The summed E-state index contributed by atoms with van der Waals surface area (Å²) in [6.45, 7) is 0.296. The Balaban J connectivity index is 1.82. The van der Waals surface area contributed by atoms with Crippen molar-refractivity contribution < 1.29 is 14.5 Å². The molecule has 1 aromatic heterocycles. The van der Waals surface area contributed by atoms with E-state index in [2.05, 4.69) is 15.6 Å². The van der Waals surface area contributed by atoms with E-state index in [4.69, 9.17) is 11.6 Å². The number of nitrogens with zero attached hydrogens (tertiary/aromatic N) is 3. The van der Waals surface area contributed by atoms with E-state index >= 15 is 0 Å². The zero-order chi connectivity index (χ0) is 23.3. The average Bonchev–Trinajstić information content (AvgIpc) is 2.78. The second-order valence-electron chi connectivity index (χ2n) is 7.05. The smallest absolute Gasteiger partial charge is 0.288 e. The van der Waals surface area contributed by atoms with Crippen LogP contribution in [0.2, 0.25) is 5.02 Å². The van der Waals surface area contributed by atoms with Gasteiger partial charge < -0.3 is 15.5 Å². The maximum Gasteiger partial charge on any atom is 0.288 e. The van der Waals surface area contributed by atoms with E-state index in [9.17, 15) is 19.7 Å². The molecule has 0 aliphatic rings. The molecule has 2 N–H and O–H groups in total. The molecule has 0 unspecified atom stereocenters. The average molecular weight is 454 g/mol. The summed E-state index contributed by atoms with van der Waals surface area (Å²) < 4.78 is 0. The molecule has 0 radical (unpaired) electrons. The molecule has 3 rings (SSSR count). The third-order valence-electron chi connectivity index (χ3n) is 4.56. The molecule has 0 saturated heterocycles. The Labute approximate surface area is 189 Å². The first-order valence-corrected chi connectivity index (χ1v) is 9.88. The number of amides is 2. The van der Waals surface area contributed by atoms with Gasteiger partial charge in [-0.05, 0) is 42.0 Å². The van der Waals surface area contributed by atoms with Crippen molar-refractivity contribution >= 4 is 40.5 Å². The number of anilines is 2. The largest absolute Gasteiger partial charge is 0.377 e. The highest BCUT2D eigenvalue weighted by Crippen LogP contribution is 2.27. The number of carbonyl (C=O) groups is 2. The topological polar surface area (TPSA) is 117 Å². The van der Waals surface area contributed by atoms with Gasteiger partial charge in [-0.3, -0.25) is 24.7 Å². The van der Waals surface area contributed by atoms with Crippen LogP contribution in [0.4, 0.5) is 17.1 Å². The molecule has 0 aliphatic heterocycles. The number of rotatable bonds is 7. The van der Waals surface area contributed by atoms with Crippen LogP contribution < -0.4 is 15.5 Å². The molecule has 0 atom stereocenters. The fourth-order valence-corrected chi connectivity index (χ4v) is 3.15. The van der Waals surface area contributed by atoms with Gasteiger partial charge in [-0.15, -0.1) is 0 Å². The number of aromatic nitrogens is 1. The highest BCUT2D eigenvalue weighted by Gasteiger charge is 2.18. The van der Waals surface area contributed by atoms with Gasteiger partial charge in [0.2, 0.25) is 0 Å². The van der Waals surface area contributed by atoms with Crippen LogP contribution in [0.3, 0.4) is 0 Å². The third-order valence-corrected chi connectivity index (χ3v) is 4.88. The monoisotopic (exact) mass is 453 g/mol. The predicted octanol–water partition coefficient (Wildman–Crippen LogP) is 3.89. The lowest BCUT2D eigenvalue weighted by Crippen LogP contribution is -2.25. The number of nitro groups is 1. The van der Waals surface area contributed by atoms with Crippen molar-refractivity contribution in [1.29, 1.82) is 0 Å². The summed E-state index contributed by atoms with van der Waals surface area (Å²) in [7, 11) is 3.61. The van der Waals surface area contributed by atoms with Crippen molar-refractivity contribution in [2.45, 2.75) is 6.54 Å². The van der Waals surface area contributed by atoms with Gasteiger partial charge in [0.05, 0.1) is 10.5 Å². The number of nitro benzene ring substituents is 1. The summed E-state index contributed by atoms with van der Waals surface area (Å²) in [5.41, 5.74) is 1.94. The number of benzene rings is 2. The summed E-state index contributed by atoms with van der Waals surface area (Å²) in [6, 6.07) is 12.3. The first kappa shape index (κ1) is 22.7. The highest BCUT2D eigenvalue weighted by molar-refractivity contribution is 6.32. The summed E-state index contributed by atoms with van der Waals surface area (Å²) >= 11 is 5.81. The van der Waals surface area contributed by atoms with Crippen molar-refractivity contribution in [3.63, 3.8) is 0 Å². The normalized spacial score (nSPS) is 10.3. The second kappa shape index (κ2) is 9.88. The van der Waals surface area contributed by atoms with E-state index in [0.29, 0.717) is 23.5 Å². The number of hydrogen-bond donors (Lipinski definition) is 2. The lowest BCUT2D eigenvalue weighted by molar-refractivity contribution is -0.384. The van der Waals surface area contributed by atoms with Gasteiger partial charge in [0.15, 0.2) is 0 Å². The van der Waals surface area contributed by atoms with Crippen LogP contribution in [-0.2, 0) is 6.54 Å². The molecule has 0 bridgehead atoms. The zero-order valence-electron chi connectivity index (χ0n) is 17.3. The van der Waals surface area contributed by atoms with Crippen LogP contribution in [0, 0.1) is 10.1 Å². The molecule has 0 spiro atoms. The van der Waals surface area contributed by atoms with Crippen LogP contribution in [0.25, 0.3) is 0 Å². The minimum atomic E-state index is -0.657. The standard InChI is InChI=1S/C22H20ClN5O4/c1-27(2)19-8-6-16(11-17(19)22(30)25-13-14-4-3-9-24-12-14)26-21(29)15-5-7-18(23)20(10-15)28(31)32/h3-12H,13H2,1-2H3,(H,25,30)(H,26,29). The van der Waals surface area contributed by atoms with Gasteiger partial charge in [-0.1, -0.05) is 17.7 Å². The van der Waals surface area contributed by atoms with Crippen LogP contribution in [0.5, 0.6) is 0 Å². The van der Waals surface area contributed by atoms with Crippen molar-refractivity contribution in [3.8, 4) is 0 Å². The van der Waals surface area contributed by atoms with Crippen LogP contribution in [0.15, 0.2) is 60.9 Å². The number of nitrogens with one attached hydrogen (secondary N) is 2. The maximum absolute atomic E-state index is 12.8. The van der Waals surface area contributed by atoms with Gasteiger partial charge in [-0.2, -0.15) is 0 Å². The molecule has 2 aromatic carbocycles. The Morgan fingerprint density at radius 3 is 2.56 bits per heavy atom. The van der Waals surface area contributed by atoms with Crippen LogP contribution in [0.1, 0.15) is 26.3 Å². The number of hydrogen-bond acceptors (Lipinski definition) is 6. The lowest BCUT2D eigenvalue weighted by Gasteiger charge is -2.18. The van der Waals surface area contributed by atoms with Crippen molar-refractivity contribution in [1.82, 2.24) is 10.3 Å². The minimum absolute atomic E-state index is 0.0607. The molecule has 164 valence electrons. The number of halogens is 1. The van der Waals surface area contributed by atoms with Gasteiger partial charge in [-0.25, -0.2) is 0 Å². The van der Waals surface area contributed by atoms with Crippen molar-refractivity contribution in [2.75, 3.05) is 24.3 Å². The van der Waals surface area contributed by atoms with Crippen molar-refractivity contribution in [2.24, 2.45) is 0 Å². The van der Waals surface area contributed by atoms with E-state index < -0.39 is 10.8 Å². The molecule has 3 aromatic rings. The SMILES string of the molecule is CN(C)c1ccc(NC(=O)c2ccc(Cl)c([N+](=O)[O-])c2)cc1C(=O)NCc1cccnc1. The summed E-state index contributed by atoms with van der Waals surface area (Å²) in [6.07, 6.45) is 3.31. The quantitative estimate of drug-likeness (QED) is 0.414. The zero-order valence-corrected chi connectivity index (χ0v) is 18.1. The molecular formula is C22H20ClN5O4. The molecule has 1 heterocycles. The Hall–Kier alpha value is -3.98. The second-order valence-corrected chi connectivity index (χ2v) is 7.45. The molecule has 10 heteroatoms. The van der Waals surface area contributed by atoms with E-state index in [0.717, 1.165) is 11.6 Å². The summed E-state index contributed by atoms with van der Waals surface area (Å²) in [4.78, 5) is 41.7. The van der Waals surface area contributed by atoms with Gasteiger partial charge in [0.1, 0.15) is 5.02 Å². The van der Waals surface area contributed by atoms with Crippen LogP contribution >= 0.6 is 11.6 Å². The summed E-state index contributed by atoms with van der Waals surface area (Å²) in [5, 5.41) is 16.5. The highest BCUT2D eigenvalue weighted by atomic mass is 35.5. The van der Waals surface area contributed by atoms with E-state index in [1.807, 2.05) is 6.07 Å². The third kappa shape index (κ3) is 5.38. The molecule has 0 fully saturated rings. The lowest BCUT2D eigenvalue weighted by atomic mass is 10.1. The van der Waals surface area contributed by atoms with Crippen molar-refractivity contribution in [3.05, 3.63) is 92.8 Å². The van der Waals surface area contributed by atoms with E-state index in [1.54, 1.807) is 55.7 Å². The molecule has 0 saturated carbocycles. The number of carbonyl (C=O) groups excluding carboxylic acids is 2. The molecule has 32 heavy (non-hydrogen) atoms. The first-order chi connectivity index (χ1) is 15.3. The Kier molecular flexibility index (Phi) is 7.01. The van der Waals surface area contributed by atoms with Crippen LogP contribution in [-0.4, -0.2) is 35.8 Å². The summed E-state index contributed by atoms with van der Waals surface area (Å²) in [5.74, 6) is -0.889. The molecular weight excluding hydrogens is 434 g/mol. The molecule has 0 aliphatic carbocycles. The number of pyridine rings is 1. The Morgan fingerprint density at radius 2 is 1.91 bits per heavy atom. The maximum atomic E-state index is 12.8. The molecule has 9 nitrogen and oxygen atoms in total. The van der Waals surface area contributed by atoms with E-state index in [1.165, 1.54) is 12.1 Å². The fraction of sp³-hybridized carbons (Fsp3) is 0.136. The Morgan fingerprint density at radius 1 is 1.12 bits per heavy atom.